The molecule has 0 saturated heterocycles. The van der Waals surface area contributed by atoms with Crippen LogP contribution in [0.1, 0.15) is 22.3 Å². The second kappa shape index (κ2) is 6.16. The molecule has 0 saturated carbocycles. The van der Waals surface area contributed by atoms with Gasteiger partial charge in [0.2, 0.25) is 0 Å². The summed E-state index contributed by atoms with van der Waals surface area (Å²) in [5.74, 6) is 0. The number of aliphatic hydroxyl groups excluding tert-OH is 1. The van der Waals surface area contributed by atoms with Crippen molar-refractivity contribution in [2.24, 2.45) is 0 Å². The van der Waals surface area contributed by atoms with Gasteiger partial charge in [-0.05, 0) is 36.6 Å². The molecule has 0 unspecified atom stereocenters. The molecule has 3 aromatic rings. The molecule has 1 aromatic heterocycles. The van der Waals surface area contributed by atoms with E-state index in [0.717, 1.165) is 16.8 Å². The van der Waals surface area contributed by atoms with E-state index in [9.17, 15) is 5.11 Å². The summed E-state index contributed by atoms with van der Waals surface area (Å²) in [6.45, 7) is 4.90. The van der Waals surface area contributed by atoms with Gasteiger partial charge in [-0.3, -0.25) is 4.68 Å². The van der Waals surface area contributed by atoms with Gasteiger partial charge < -0.3 is 5.11 Å². The lowest BCUT2D eigenvalue weighted by Crippen LogP contribution is -2.00. The Labute approximate surface area is 130 Å². The van der Waals surface area contributed by atoms with Crippen molar-refractivity contribution < 1.29 is 5.11 Å². The van der Waals surface area contributed by atoms with Crippen molar-refractivity contribution >= 4 is 0 Å². The SMILES string of the molecule is Cc1ccc(-c2nn(Cc3ccccc3)cc2CO)cc1C. The topological polar surface area (TPSA) is 38.0 Å². The van der Waals surface area contributed by atoms with E-state index in [2.05, 4.69) is 49.3 Å². The van der Waals surface area contributed by atoms with E-state index >= 15 is 0 Å². The van der Waals surface area contributed by atoms with Gasteiger partial charge in [0.25, 0.3) is 0 Å². The molecular weight excluding hydrogens is 272 g/mol. The number of aromatic nitrogens is 2. The Morgan fingerprint density at radius 3 is 2.45 bits per heavy atom. The van der Waals surface area contributed by atoms with E-state index in [-0.39, 0.29) is 6.61 Å². The van der Waals surface area contributed by atoms with E-state index in [0.29, 0.717) is 6.54 Å². The third-order valence-corrected chi connectivity index (χ3v) is 3.98. The fraction of sp³-hybridized carbons (Fsp3) is 0.211. The van der Waals surface area contributed by atoms with Gasteiger partial charge in [0.05, 0.1) is 18.8 Å². The van der Waals surface area contributed by atoms with E-state index in [4.69, 9.17) is 0 Å². The Balaban J connectivity index is 1.96. The molecule has 0 bridgehead atoms. The quantitative estimate of drug-likeness (QED) is 0.796. The van der Waals surface area contributed by atoms with Crippen LogP contribution in [-0.4, -0.2) is 14.9 Å². The first-order valence-corrected chi connectivity index (χ1v) is 7.46. The van der Waals surface area contributed by atoms with Crippen LogP contribution in [0.4, 0.5) is 0 Å². The third kappa shape index (κ3) is 2.95. The third-order valence-electron chi connectivity index (χ3n) is 3.98. The molecule has 0 atom stereocenters. The molecular formula is C19H20N2O. The summed E-state index contributed by atoms with van der Waals surface area (Å²) in [4.78, 5) is 0. The molecule has 0 aliphatic heterocycles. The van der Waals surface area contributed by atoms with Crippen molar-refractivity contribution in [3.05, 3.63) is 77.0 Å². The zero-order valence-corrected chi connectivity index (χ0v) is 13.0. The van der Waals surface area contributed by atoms with Crippen LogP contribution in [0.25, 0.3) is 11.3 Å². The van der Waals surface area contributed by atoms with Gasteiger partial charge in [-0.15, -0.1) is 0 Å². The van der Waals surface area contributed by atoms with Crippen LogP contribution in [0.3, 0.4) is 0 Å². The number of aliphatic hydroxyl groups is 1. The fourth-order valence-corrected chi connectivity index (χ4v) is 2.56. The van der Waals surface area contributed by atoms with Crippen molar-refractivity contribution in [2.75, 3.05) is 0 Å². The van der Waals surface area contributed by atoms with E-state index in [1.54, 1.807) is 0 Å². The number of aryl methyl sites for hydroxylation is 2. The molecule has 0 radical (unpaired) electrons. The van der Waals surface area contributed by atoms with Crippen molar-refractivity contribution in [3.8, 4) is 11.3 Å². The monoisotopic (exact) mass is 292 g/mol. The molecule has 1 heterocycles. The summed E-state index contributed by atoms with van der Waals surface area (Å²) in [5.41, 5.74) is 6.47. The first-order chi connectivity index (χ1) is 10.7. The number of nitrogens with zero attached hydrogens (tertiary/aromatic N) is 2. The van der Waals surface area contributed by atoms with Crippen LogP contribution in [-0.2, 0) is 13.2 Å². The highest BCUT2D eigenvalue weighted by Crippen LogP contribution is 2.24. The summed E-state index contributed by atoms with van der Waals surface area (Å²) in [5, 5.41) is 14.3. The Kier molecular flexibility index (Phi) is 4.07. The van der Waals surface area contributed by atoms with Crippen LogP contribution in [0.2, 0.25) is 0 Å². The minimum Gasteiger partial charge on any atom is -0.392 e. The summed E-state index contributed by atoms with van der Waals surface area (Å²) >= 11 is 0. The van der Waals surface area contributed by atoms with Crippen molar-refractivity contribution in [3.63, 3.8) is 0 Å². The predicted molar refractivity (Wildman–Crippen MR) is 88.6 cm³/mol. The average molecular weight is 292 g/mol. The summed E-state index contributed by atoms with van der Waals surface area (Å²) < 4.78 is 1.89. The number of hydrogen-bond donors (Lipinski definition) is 1. The predicted octanol–water partition coefficient (Wildman–Crippen LogP) is 3.71. The Morgan fingerprint density at radius 1 is 1.00 bits per heavy atom. The highest BCUT2D eigenvalue weighted by Gasteiger charge is 2.11. The first-order valence-electron chi connectivity index (χ1n) is 7.46. The van der Waals surface area contributed by atoms with Gasteiger partial charge in [-0.1, -0.05) is 42.5 Å². The zero-order valence-electron chi connectivity index (χ0n) is 13.0. The van der Waals surface area contributed by atoms with Gasteiger partial charge in [0, 0.05) is 17.3 Å². The van der Waals surface area contributed by atoms with E-state index in [1.165, 1.54) is 16.7 Å². The first kappa shape index (κ1) is 14.5. The average Bonchev–Trinajstić information content (AvgIpc) is 2.94. The second-order valence-electron chi connectivity index (χ2n) is 5.64. The molecule has 0 aliphatic rings. The largest absolute Gasteiger partial charge is 0.392 e. The maximum absolute atomic E-state index is 9.63. The standard InChI is InChI=1S/C19H20N2O/c1-14-8-9-17(10-15(14)2)19-18(13-22)12-21(20-19)11-16-6-4-3-5-7-16/h3-10,12,22H,11,13H2,1-2H3. The Morgan fingerprint density at radius 2 is 1.77 bits per heavy atom. The van der Waals surface area contributed by atoms with Gasteiger partial charge in [0.1, 0.15) is 0 Å². The normalized spacial score (nSPS) is 10.9. The lowest BCUT2D eigenvalue weighted by molar-refractivity contribution is 0.282. The van der Waals surface area contributed by atoms with Crippen molar-refractivity contribution in [1.82, 2.24) is 9.78 Å². The molecule has 0 aliphatic carbocycles. The molecule has 0 spiro atoms. The second-order valence-corrected chi connectivity index (χ2v) is 5.64. The zero-order chi connectivity index (χ0) is 15.5. The summed E-state index contributed by atoms with van der Waals surface area (Å²) in [6, 6.07) is 16.5. The van der Waals surface area contributed by atoms with Crippen molar-refractivity contribution in [1.29, 1.82) is 0 Å². The van der Waals surface area contributed by atoms with Crippen molar-refractivity contribution in [2.45, 2.75) is 27.0 Å². The highest BCUT2D eigenvalue weighted by atomic mass is 16.3. The molecule has 112 valence electrons. The molecule has 3 rings (SSSR count). The van der Waals surface area contributed by atoms with Gasteiger partial charge in [-0.25, -0.2) is 0 Å². The van der Waals surface area contributed by atoms with Crippen LogP contribution >= 0.6 is 0 Å². The Bertz CT molecular complexity index is 775. The molecule has 22 heavy (non-hydrogen) atoms. The highest BCUT2D eigenvalue weighted by molar-refractivity contribution is 5.64. The fourth-order valence-electron chi connectivity index (χ4n) is 2.56. The minimum absolute atomic E-state index is 0.00293. The van der Waals surface area contributed by atoms with E-state index in [1.807, 2.05) is 29.1 Å². The van der Waals surface area contributed by atoms with Crippen LogP contribution in [0.5, 0.6) is 0 Å². The maximum Gasteiger partial charge on any atom is 0.0978 e. The number of rotatable bonds is 4. The molecule has 2 aromatic carbocycles. The molecule has 0 amide bonds. The van der Waals surface area contributed by atoms with Gasteiger partial charge >= 0.3 is 0 Å². The summed E-state index contributed by atoms with van der Waals surface area (Å²) in [7, 11) is 0. The lowest BCUT2D eigenvalue weighted by Gasteiger charge is -2.04. The van der Waals surface area contributed by atoms with Crippen LogP contribution < -0.4 is 0 Å². The Hall–Kier alpha value is -2.39. The molecule has 3 heteroatoms. The minimum atomic E-state index is -0.00293. The van der Waals surface area contributed by atoms with E-state index < -0.39 is 0 Å². The lowest BCUT2D eigenvalue weighted by atomic mass is 10.0. The molecule has 3 nitrogen and oxygen atoms in total. The molecule has 0 fully saturated rings. The van der Waals surface area contributed by atoms with Crippen LogP contribution in [0, 0.1) is 13.8 Å². The molecule has 1 N–H and O–H groups in total. The summed E-state index contributed by atoms with van der Waals surface area (Å²) in [6.07, 6.45) is 1.93. The van der Waals surface area contributed by atoms with Crippen LogP contribution in [0.15, 0.2) is 54.7 Å². The smallest absolute Gasteiger partial charge is 0.0978 e. The van der Waals surface area contributed by atoms with Gasteiger partial charge in [0.15, 0.2) is 0 Å². The van der Waals surface area contributed by atoms with Gasteiger partial charge in [-0.2, -0.15) is 5.10 Å². The number of benzene rings is 2. The number of hydrogen-bond acceptors (Lipinski definition) is 2. The maximum atomic E-state index is 9.63.